The lowest BCUT2D eigenvalue weighted by Gasteiger charge is -2.26. The van der Waals surface area contributed by atoms with E-state index >= 15 is 0 Å². The van der Waals surface area contributed by atoms with Crippen molar-refractivity contribution in [1.82, 2.24) is 4.90 Å². The van der Waals surface area contributed by atoms with Gasteiger partial charge >= 0.3 is 0 Å². The summed E-state index contributed by atoms with van der Waals surface area (Å²) in [5.41, 5.74) is 3.08. The van der Waals surface area contributed by atoms with Gasteiger partial charge in [0, 0.05) is 19.1 Å². The zero-order valence-electron chi connectivity index (χ0n) is 9.73. The average molecular weight is 213 g/mol. The Morgan fingerprint density at radius 1 is 1.12 bits per heavy atom. The van der Waals surface area contributed by atoms with Crippen LogP contribution < -0.4 is 0 Å². The summed E-state index contributed by atoms with van der Waals surface area (Å²) in [6.45, 7) is 2.47. The molecule has 1 aliphatic carbocycles. The topological polar surface area (TPSA) is 3.24 Å². The minimum atomic E-state index is 0.925. The molecule has 0 aromatic heterocycles. The van der Waals surface area contributed by atoms with Gasteiger partial charge in [0.1, 0.15) is 0 Å². The highest BCUT2D eigenvalue weighted by atomic mass is 15.2. The van der Waals surface area contributed by atoms with Gasteiger partial charge in [-0.2, -0.15) is 0 Å². The van der Waals surface area contributed by atoms with Gasteiger partial charge in [0.25, 0.3) is 0 Å². The molecule has 0 bridgehead atoms. The fraction of sp³-hybridized carbons (Fsp3) is 0.467. The molecule has 0 N–H and O–H groups in total. The predicted molar refractivity (Wildman–Crippen MR) is 67.4 cm³/mol. The van der Waals surface area contributed by atoms with Gasteiger partial charge < -0.3 is 0 Å². The fourth-order valence-corrected chi connectivity index (χ4v) is 2.52. The molecule has 1 heterocycles. The van der Waals surface area contributed by atoms with Gasteiger partial charge in [0.2, 0.25) is 0 Å². The fourth-order valence-electron chi connectivity index (χ4n) is 2.52. The van der Waals surface area contributed by atoms with E-state index in [1.165, 1.54) is 37.9 Å². The molecule has 84 valence electrons. The second-order valence-electron chi connectivity index (χ2n) is 5.00. The van der Waals surface area contributed by atoms with E-state index in [1.54, 1.807) is 5.57 Å². The molecule has 0 saturated heterocycles. The summed E-state index contributed by atoms with van der Waals surface area (Å²) in [6, 6.07) is 11.7. The van der Waals surface area contributed by atoms with Gasteiger partial charge in [0.15, 0.2) is 0 Å². The molecule has 0 amide bonds. The van der Waals surface area contributed by atoms with Crippen molar-refractivity contribution in [3.05, 3.63) is 47.5 Å². The Morgan fingerprint density at radius 3 is 2.56 bits per heavy atom. The first kappa shape index (κ1) is 10.1. The van der Waals surface area contributed by atoms with Crippen LogP contribution in [0.3, 0.4) is 0 Å². The zero-order chi connectivity index (χ0) is 10.8. The molecule has 1 nitrogen and oxygen atoms in total. The summed E-state index contributed by atoms with van der Waals surface area (Å²) >= 11 is 0. The number of nitrogens with zero attached hydrogens (tertiary/aromatic N) is 1. The van der Waals surface area contributed by atoms with Crippen LogP contribution in [0.5, 0.6) is 0 Å². The Bertz CT molecular complexity index is 376. The van der Waals surface area contributed by atoms with E-state index in [0.717, 1.165) is 12.5 Å². The van der Waals surface area contributed by atoms with Gasteiger partial charge in [0.05, 0.1) is 0 Å². The lowest BCUT2D eigenvalue weighted by atomic mass is 9.99. The van der Waals surface area contributed by atoms with Crippen LogP contribution in [0.2, 0.25) is 0 Å². The minimum absolute atomic E-state index is 0.925. The van der Waals surface area contributed by atoms with Gasteiger partial charge in [-0.05, 0) is 31.2 Å². The van der Waals surface area contributed by atoms with Crippen LogP contribution in [0.1, 0.15) is 24.8 Å². The van der Waals surface area contributed by atoms with Crippen LogP contribution in [0.15, 0.2) is 42.0 Å². The SMILES string of the molecule is C1=C(Cc2ccccc2)CCN(C2CC2)C1. The van der Waals surface area contributed by atoms with Crippen molar-refractivity contribution in [1.29, 1.82) is 0 Å². The maximum absolute atomic E-state index is 2.63. The van der Waals surface area contributed by atoms with E-state index in [1.807, 2.05) is 0 Å². The van der Waals surface area contributed by atoms with Crippen LogP contribution in [0, 0.1) is 0 Å². The van der Waals surface area contributed by atoms with E-state index < -0.39 is 0 Å². The molecular formula is C15H19N. The maximum atomic E-state index is 2.63. The number of rotatable bonds is 3. The Hall–Kier alpha value is -1.08. The predicted octanol–water partition coefficient (Wildman–Crippen LogP) is 3.02. The standard InChI is InChI=1S/C15H19N/c1-2-4-13(5-3-1)12-14-8-10-16(11-9-14)15-6-7-15/h1-5,8,15H,6-7,9-12H2. The van der Waals surface area contributed by atoms with Gasteiger partial charge in [-0.25, -0.2) is 0 Å². The lowest BCUT2D eigenvalue weighted by Crippen LogP contribution is -2.31. The summed E-state index contributed by atoms with van der Waals surface area (Å²) in [4.78, 5) is 2.63. The van der Waals surface area contributed by atoms with E-state index in [4.69, 9.17) is 0 Å². The molecule has 1 aliphatic heterocycles. The van der Waals surface area contributed by atoms with Crippen LogP contribution in [0.25, 0.3) is 0 Å². The van der Waals surface area contributed by atoms with Crippen molar-refractivity contribution in [3.8, 4) is 0 Å². The molecule has 1 aromatic carbocycles. The normalized spacial score (nSPS) is 21.9. The van der Waals surface area contributed by atoms with Gasteiger partial charge in [-0.1, -0.05) is 42.0 Å². The zero-order valence-corrected chi connectivity index (χ0v) is 9.73. The van der Waals surface area contributed by atoms with Crippen molar-refractivity contribution in [2.24, 2.45) is 0 Å². The van der Waals surface area contributed by atoms with Crippen LogP contribution >= 0.6 is 0 Å². The quantitative estimate of drug-likeness (QED) is 0.698. The Kier molecular flexibility index (Phi) is 2.79. The molecule has 3 rings (SSSR count). The lowest BCUT2D eigenvalue weighted by molar-refractivity contribution is 0.283. The highest BCUT2D eigenvalue weighted by molar-refractivity contribution is 5.23. The molecule has 1 fully saturated rings. The molecule has 2 aliphatic rings. The minimum Gasteiger partial charge on any atom is -0.296 e. The van der Waals surface area contributed by atoms with Crippen LogP contribution in [-0.4, -0.2) is 24.0 Å². The highest BCUT2D eigenvalue weighted by Crippen LogP contribution is 2.29. The Balaban J connectivity index is 1.60. The van der Waals surface area contributed by atoms with E-state index in [9.17, 15) is 0 Å². The first-order chi connectivity index (χ1) is 7.92. The van der Waals surface area contributed by atoms with Crippen molar-refractivity contribution in [3.63, 3.8) is 0 Å². The van der Waals surface area contributed by atoms with Crippen molar-refractivity contribution >= 4 is 0 Å². The third kappa shape index (κ3) is 2.35. The average Bonchev–Trinajstić information content (AvgIpc) is 3.15. The second-order valence-corrected chi connectivity index (χ2v) is 5.00. The monoisotopic (exact) mass is 213 g/mol. The highest BCUT2D eigenvalue weighted by Gasteiger charge is 2.29. The van der Waals surface area contributed by atoms with Crippen molar-refractivity contribution < 1.29 is 0 Å². The molecule has 1 aromatic rings. The Morgan fingerprint density at radius 2 is 1.94 bits per heavy atom. The van der Waals surface area contributed by atoms with Gasteiger partial charge in [-0.3, -0.25) is 4.90 Å². The molecule has 1 saturated carbocycles. The number of hydrogen-bond acceptors (Lipinski definition) is 1. The third-order valence-corrected chi connectivity index (χ3v) is 3.67. The second kappa shape index (κ2) is 4.42. The third-order valence-electron chi connectivity index (χ3n) is 3.67. The van der Waals surface area contributed by atoms with Crippen molar-refractivity contribution in [2.75, 3.05) is 13.1 Å². The van der Waals surface area contributed by atoms with Crippen LogP contribution in [0.4, 0.5) is 0 Å². The molecule has 1 heteroatoms. The summed E-state index contributed by atoms with van der Waals surface area (Å²) in [6.07, 6.45) is 7.74. The summed E-state index contributed by atoms with van der Waals surface area (Å²) in [5, 5.41) is 0. The largest absolute Gasteiger partial charge is 0.296 e. The number of benzene rings is 1. The molecule has 0 atom stereocenters. The van der Waals surface area contributed by atoms with Gasteiger partial charge in [-0.15, -0.1) is 0 Å². The summed E-state index contributed by atoms with van der Waals surface area (Å²) in [5.74, 6) is 0. The molecule has 0 unspecified atom stereocenters. The van der Waals surface area contributed by atoms with E-state index in [0.29, 0.717) is 0 Å². The Labute approximate surface area is 97.8 Å². The smallest absolute Gasteiger partial charge is 0.0169 e. The number of hydrogen-bond donors (Lipinski definition) is 0. The maximum Gasteiger partial charge on any atom is 0.0169 e. The first-order valence-electron chi connectivity index (χ1n) is 6.38. The van der Waals surface area contributed by atoms with Crippen LogP contribution in [-0.2, 0) is 6.42 Å². The molecular weight excluding hydrogens is 194 g/mol. The molecule has 0 spiro atoms. The molecule has 16 heavy (non-hydrogen) atoms. The first-order valence-corrected chi connectivity index (χ1v) is 6.38. The molecule has 0 radical (unpaired) electrons. The van der Waals surface area contributed by atoms with Crippen molar-refractivity contribution in [2.45, 2.75) is 31.7 Å². The summed E-state index contributed by atoms with van der Waals surface area (Å²) < 4.78 is 0. The van der Waals surface area contributed by atoms with E-state index in [-0.39, 0.29) is 0 Å². The van der Waals surface area contributed by atoms with E-state index in [2.05, 4.69) is 41.3 Å². The summed E-state index contributed by atoms with van der Waals surface area (Å²) in [7, 11) is 0.